The van der Waals surface area contributed by atoms with Crippen molar-refractivity contribution < 1.29 is 8.42 Å². The second-order valence-corrected chi connectivity index (χ2v) is 9.09. The van der Waals surface area contributed by atoms with Crippen molar-refractivity contribution in [1.29, 1.82) is 0 Å². The van der Waals surface area contributed by atoms with Crippen molar-refractivity contribution in [3.05, 3.63) is 0 Å². The van der Waals surface area contributed by atoms with Gasteiger partial charge in [0.1, 0.15) is 0 Å². The van der Waals surface area contributed by atoms with Gasteiger partial charge in [-0.25, -0.2) is 8.42 Å². The fraction of sp³-hybridized carbons (Fsp3) is 1.00. The summed E-state index contributed by atoms with van der Waals surface area (Å²) in [5.74, 6) is 0.605. The molecule has 0 aromatic heterocycles. The van der Waals surface area contributed by atoms with Crippen molar-refractivity contribution in [2.75, 3.05) is 6.54 Å². The van der Waals surface area contributed by atoms with Gasteiger partial charge in [0.25, 0.3) is 0 Å². The summed E-state index contributed by atoms with van der Waals surface area (Å²) in [6, 6.07) is 0.190. The fourth-order valence-electron chi connectivity index (χ4n) is 4.08. The number of sulfone groups is 1. The van der Waals surface area contributed by atoms with Crippen LogP contribution in [0.1, 0.15) is 71.6 Å². The van der Waals surface area contributed by atoms with Gasteiger partial charge in [-0.3, -0.25) is 0 Å². The molecule has 2 fully saturated rings. The number of hydrogen-bond acceptors (Lipinski definition) is 3. The van der Waals surface area contributed by atoms with Crippen LogP contribution in [0.4, 0.5) is 0 Å². The zero-order chi connectivity index (χ0) is 14.6. The van der Waals surface area contributed by atoms with Crippen LogP contribution in [0, 0.1) is 5.92 Å². The number of rotatable bonds is 5. The van der Waals surface area contributed by atoms with Gasteiger partial charge >= 0.3 is 0 Å². The van der Waals surface area contributed by atoms with E-state index < -0.39 is 9.84 Å². The highest BCUT2D eigenvalue weighted by molar-refractivity contribution is 7.92. The Kier molecular flexibility index (Phi) is 5.91. The average molecular weight is 301 g/mol. The average Bonchev–Trinajstić information content (AvgIpc) is 2.48. The normalized spacial score (nSPS) is 33.2. The maximum absolute atomic E-state index is 13.0. The summed E-state index contributed by atoms with van der Waals surface area (Å²) in [4.78, 5) is 0. The molecule has 0 aliphatic heterocycles. The van der Waals surface area contributed by atoms with Crippen LogP contribution in [0.5, 0.6) is 0 Å². The van der Waals surface area contributed by atoms with Crippen molar-refractivity contribution >= 4 is 9.84 Å². The molecule has 2 aliphatic carbocycles. The summed E-state index contributed by atoms with van der Waals surface area (Å²) >= 11 is 0. The lowest BCUT2D eigenvalue weighted by Gasteiger charge is -2.38. The monoisotopic (exact) mass is 301 g/mol. The molecule has 2 aliphatic rings. The van der Waals surface area contributed by atoms with Crippen molar-refractivity contribution in [1.82, 2.24) is 5.32 Å². The molecule has 0 radical (unpaired) electrons. The molecule has 0 amide bonds. The van der Waals surface area contributed by atoms with Gasteiger partial charge in [0.15, 0.2) is 9.84 Å². The topological polar surface area (TPSA) is 46.2 Å². The van der Waals surface area contributed by atoms with E-state index in [2.05, 4.69) is 19.2 Å². The maximum atomic E-state index is 13.0. The van der Waals surface area contributed by atoms with Gasteiger partial charge in [-0.15, -0.1) is 0 Å². The smallest absolute Gasteiger partial charge is 0.157 e. The molecule has 1 N–H and O–H groups in total. The predicted molar refractivity (Wildman–Crippen MR) is 84.7 cm³/mol. The molecule has 0 spiro atoms. The fourth-order valence-corrected chi connectivity index (χ4v) is 6.80. The molecule has 3 nitrogen and oxygen atoms in total. The van der Waals surface area contributed by atoms with E-state index in [1.165, 1.54) is 12.8 Å². The summed E-state index contributed by atoms with van der Waals surface area (Å²) in [7, 11) is -2.96. The minimum Gasteiger partial charge on any atom is -0.313 e. The van der Waals surface area contributed by atoms with Crippen molar-refractivity contribution in [2.24, 2.45) is 5.92 Å². The molecule has 3 unspecified atom stereocenters. The lowest BCUT2D eigenvalue weighted by atomic mass is 9.84. The molecule has 0 saturated heterocycles. The predicted octanol–water partition coefficient (Wildman–Crippen LogP) is 3.29. The van der Waals surface area contributed by atoms with Crippen LogP contribution in [-0.2, 0) is 9.84 Å². The van der Waals surface area contributed by atoms with Crippen molar-refractivity contribution in [3.63, 3.8) is 0 Å². The number of nitrogens with one attached hydrogen (secondary N) is 1. The first kappa shape index (κ1) is 16.3. The van der Waals surface area contributed by atoms with E-state index in [-0.39, 0.29) is 16.5 Å². The third-order valence-corrected chi connectivity index (χ3v) is 8.15. The van der Waals surface area contributed by atoms with E-state index in [9.17, 15) is 8.42 Å². The highest BCUT2D eigenvalue weighted by atomic mass is 32.2. The third kappa shape index (κ3) is 3.56. The Morgan fingerprint density at radius 2 is 1.70 bits per heavy atom. The van der Waals surface area contributed by atoms with E-state index in [1.54, 1.807) is 0 Å². The van der Waals surface area contributed by atoms with Crippen LogP contribution in [-0.4, -0.2) is 31.5 Å². The SMILES string of the molecule is CCNC1CCC(CC)CC1S(=O)(=O)C1CCCCC1. The lowest BCUT2D eigenvalue weighted by molar-refractivity contribution is 0.287. The Hall–Kier alpha value is -0.0900. The molecular weight excluding hydrogens is 270 g/mol. The van der Waals surface area contributed by atoms with Crippen LogP contribution < -0.4 is 5.32 Å². The van der Waals surface area contributed by atoms with Crippen LogP contribution in [0.3, 0.4) is 0 Å². The molecule has 0 heterocycles. The maximum Gasteiger partial charge on any atom is 0.157 e. The minimum absolute atomic E-state index is 0.0574. The van der Waals surface area contributed by atoms with Crippen LogP contribution in [0.25, 0.3) is 0 Å². The first-order chi connectivity index (χ1) is 9.59. The minimum atomic E-state index is -2.96. The van der Waals surface area contributed by atoms with E-state index >= 15 is 0 Å². The molecule has 118 valence electrons. The van der Waals surface area contributed by atoms with Crippen molar-refractivity contribution in [2.45, 2.75) is 88.2 Å². The van der Waals surface area contributed by atoms with Gasteiger partial charge in [0, 0.05) is 6.04 Å². The quantitative estimate of drug-likeness (QED) is 0.847. The highest BCUT2D eigenvalue weighted by Crippen LogP contribution is 2.36. The van der Waals surface area contributed by atoms with Gasteiger partial charge in [-0.1, -0.05) is 39.5 Å². The lowest BCUT2D eigenvalue weighted by Crippen LogP contribution is -2.50. The standard InChI is InChI=1S/C16H31NO2S/c1-3-13-10-11-15(17-4-2)16(12-13)20(18,19)14-8-6-5-7-9-14/h13-17H,3-12H2,1-2H3. The van der Waals surface area contributed by atoms with Gasteiger partial charge in [0.2, 0.25) is 0 Å². The Bertz CT molecular complexity index is 387. The van der Waals surface area contributed by atoms with Crippen LogP contribution in [0.2, 0.25) is 0 Å². The van der Waals surface area contributed by atoms with Crippen LogP contribution >= 0.6 is 0 Å². The molecule has 0 bridgehead atoms. The Morgan fingerprint density at radius 3 is 2.30 bits per heavy atom. The summed E-state index contributed by atoms with van der Waals surface area (Å²) in [5, 5.41) is 3.25. The molecule has 20 heavy (non-hydrogen) atoms. The zero-order valence-electron chi connectivity index (χ0n) is 13.1. The van der Waals surface area contributed by atoms with Gasteiger partial charge in [-0.2, -0.15) is 0 Å². The Labute approximate surface area is 124 Å². The molecule has 2 rings (SSSR count). The van der Waals surface area contributed by atoms with E-state index in [4.69, 9.17) is 0 Å². The number of hydrogen-bond donors (Lipinski definition) is 1. The van der Waals surface area contributed by atoms with Gasteiger partial charge in [-0.05, 0) is 44.6 Å². The first-order valence-electron chi connectivity index (χ1n) is 8.55. The summed E-state index contributed by atoms with van der Waals surface area (Å²) in [6.07, 6.45) is 9.42. The molecular formula is C16H31NO2S. The van der Waals surface area contributed by atoms with Crippen LogP contribution in [0.15, 0.2) is 0 Å². The van der Waals surface area contributed by atoms with Crippen molar-refractivity contribution in [3.8, 4) is 0 Å². The largest absolute Gasteiger partial charge is 0.313 e. The second kappa shape index (κ2) is 7.26. The zero-order valence-corrected chi connectivity index (χ0v) is 13.9. The van der Waals surface area contributed by atoms with E-state index in [1.807, 2.05) is 0 Å². The van der Waals surface area contributed by atoms with Gasteiger partial charge < -0.3 is 5.32 Å². The summed E-state index contributed by atoms with van der Waals surface area (Å²) in [6.45, 7) is 5.15. The molecule has 4 heteroatoms. The molecule has 3 atom stereocenters. The Morgan fingerprint density at radius 1 is 1.00 bits per heavy atom. The molecule has 2 saturated carbocycles. The molecule has 0 aromatic carbocycles. The highest BCUT2D eigenvalue weighted by Gasteiger charge is 2.42. The van der Waals surface area contributed by atoms with E-state index in [0.29, 0.717) is 5.92 Å². The Balaban J connectivity index is 2.14. The molecule has 0 aromatic rings. The van der Waals surface area contributed by atoms with E-state index in [0.717, 1.165) is 51.5 Å². The summed E-state index contributed by atoms with van der Waals surface area (Å²) < 4.78 is 26.1. The first-order valence-corrected chi connectivity index (χ1v) is 10.2. The van der Waals surface area contributed by atoms with Gasteiger partial charge in [0.05, 0.1) is 10.5 Å². The third-order valence-electron chi connectivity index (χ3n) is 5.38. The summed E-state index contributed by atoms with van der Waals surface area (Å²) in [5.41, 5.74) is 0. The second-order valence-electron chi connectivity index (χ2n) is 6.64.